The first kappa shape index (κ1) is 18.0. The van der Waals surface area contributed by atoms with E-state index in [0.29, 0.717) is 0 Å². The van der Waals surface area contributed by atoms with Gasteiger partial charge in [0.05, 0.1) is 5.52 Å². The van der Waals surface area contributed by atoms with Gasteiger partial charge in [-0.25, -0.2) is 0 Å². The molecule has 0 fully saturated rings. The predicted molar refractivity (Wildman–Crippen MR) is 129 cm³/mol. The van der Waals surface area contributed by atoms with Crippen LogP contribution in [0, 0.1) is 13.8 Å². The van der Waals surface area contributed by atoms with Crippen LogP contribution >= 0.6 is 0 Å². The molecule has 6 rings (SSSR count). The zero-order valence-electron chi connectivity index (χ0n) is 17.6. The highest BCUT2D eigenvalue weighted by molar-refractivity contribution is 5.93. The Morgan fingerprint density at radius 1 is 0.613 bits per heavy atom. The lowest BCUT2D eigenvalue weighted by molar-refractivity contribution is 0.969. The van der Waals surface area contributed by atoms with Crippen LogP contribution in [-0.2, 0) is 0 Å². The molecule has 3 nitrogen and oxygen atoms in total. The number of pyridine rings is 1. The minimum Gasteiger partial charge on any atom is -0.358 e. The maximum absolute atomic E-state index is 4.64. The normalized spacial score (nSPS) is 11.8. The monoisotopic (exact) mass is 401 g/mol. The van der Waals surface area contributed by atoms with Gasteiger partial charge in [-0.2, -0.15) is 0 Å². The molecule has 0 saturated heterocycles. The number of benzene rings is 3. The van der Waals surface area contributed by atoms with Crippen LogP contribution in [-0.4, -0.2) is 15.0 Å². The van der Waals surface area contributed by atoms with Crippen molar-refractivity contribution in [3.63, 3.8) is 0 Å². The van der Waals surface area contributed by atoms with Gasteiger partial charge in [0.25, 0.3) is 0 Å². The topological polar surface area (TPSA) is 44.5 Å². The third-order valence-corrected chi connectivity index (χ3v) is 6.46. The molecule has 6 aromatic rings. The number of hydrogen-bond acceptors (Lipinski definition) is 1. The molecule has 0 aliphatic rings. The van der Waals surface area contributed by atoms with E-state index < -0.39 is 0 Å². The van der Waals surface area contributed by atoms with E-state index in [9.17, 15) is 0 Å². The van der Waals surface area contributed by atoms with Crippen LogP contribution in [0.15, 0.2) is 85.1 Å². The van der Waals surface area contributed by atoms with Crippen LogP contribution in [0.4, 0.5) is 0 Å². The smallest absolute Gasteiger partial charge is 0.0705 e. The molecule has 0 spiro atoms. The second kappa shape index (κ2) is 6.85. The molecule has 0 aliphatic heterocycles. The lowest BCUT2D eigenvalue weighted by Crippen LogP contribution is -2.07. The quantitative estimate of drug-likeness (QED) is 0.330. The van der Waals surface area contributed by atoms with Crippen LogP contribution in [0.1, 0.15) is 34.0 Å². The number of para-hydroxylation sites is 3. The molecule has 0 unspecified atom stereocenters. The Kier molecular flexibility index (Phi) is 3.97. The van der Waals surface area contributed by atoms with Crippen LogP contribution in [0.3, 0.4) is 0 Å². The van der Waals surface area contributed by atoms with Crippen molar-refractivity contribution in [1.82, 2.24) is 15.0 Å². The minimum absolute atomic E-state index is 0.0835. The number of aromatic nitrogens is 3. The zero-order valence-corrected chi connectivity index (χ0v) is 17.6. The predicted octanol–water partition coefficient (Wildman–Crippen LogP) is 6.99. The second-order valence-electron chi connectivity index (χ2n) is 8.27. The Morgan fingerprint density at radius 2 is 1.13 bits per heavy atom. The highest BCUT2D eigenvalue weighted by Gasteiger charge is 2.28. The molecule has 3 heterocycles. The molecule has 31 heavy (non-hydrogen) atoms. The summed E-state index contributed by atoms with van der Waals surface area (Å²) in [5, 5.41) is 3.75. The van der Waals surface area contributed by atoms with Crippen LogP contribution in [0.2, 0.25) is 0 Å². The summed E-state index contributed by atoms with van der Waals surface area (Å²) in [6.07, 6.45) is 1.94. The Hall–Kier alpha value is -3.85. The molecule has 0 bridgehead atoms. The fraction of sp³-hybridized carbons (Fsp3) is 0.107. The third-order valence-electron chi connectivity index (χ3n) is 6.46. The van der Waals surface area contributed by atoms with Crippen molar-refractivity contribution in [1.29, 1.82) is 0 Å². The summed E-state index contributed by atoms with van der Waals surface area (Å²) in [7, 11) is 0. The number of nitrogens with zero attached hydrogens (tertiary/aromatic N) is 1. The van der Waals surface area contributed by atoms with Crippen molar-refractivity contribution in [2.45, 2.75) is 19.8 Å². The van der Waals surface area contributed by atoms with Gasteiger partial charge in [0.2, 0.25) is 0 Å². The molecule has 0 aliphatic carbocycles. The van der Waals surface area contributed by atoms with E-state index in [-0.39, 0.29) is 5.92 Å². The fourth-order valence-corrected chi connectivity index (χ4v) is 5.17. The van der Waals surface area contributed by atoms with Gasteiger partial charge in [-0.05, 0) is 54.8 Å². The van der Waals surface area contributed by atoms with Crippen molar-refractivity contribution < 1.29 is 0 Å². The van der Waals surface area contributed by atoms with Gasteiger partial charge in [0, 0.05) is 50.7 Å². The standard InChI is InChI=1S/C28H23N3/c1-17-26(21-10-4-7-13-24(21)30-17)28(20-15-16-29-23-12-6-3-9-19(20)23)27-18(2)31-25-14-8-5-11-22(25)27/h3-16,28,30-31H,1-2H3. The first-order valence-corrected chi connectivity index (χ1v) is 10.7. The molecule has 2 N–H and O–H groups in total. The number of aromatic amines is 2. The Balaban J connectivity index is 1.77. The molecule has 0 atom stereocenters. The number of H-pyrrole nitrogens is 2. The average molecular weight is 402 g/mol. The summed E-state index contributed by atoms with van der Waals surface area (Å²) in [6, 6.07) is 27.9. The molecule has 0 amide bonds. The highest BCUT2D eigenvalue weighted by Crippen LogP contribution is 2.44. The summed E-state index contributed by atoms with van der Waals surface area (Å²) in [5.74, 6) is 0.0835. The van der Waals surface area contributed by atoms with Crippen LogP contribution < -0.4 is 0 Å². The maximum atomic E-state index is 4.64. The SMILES string of the molecule is Cc1[nH]c2ccccc2c1C(c1ccnc2ccccc12)c1c(C)[nH]c2ccccc12. The summed E-state index contributed by atoms with van der Waals surface area (Å²) in [6.45, 7) is 4.38. The first-order valence-electron chi connectivity index (χ1n) is 10.7. The van der Waals surface area contributed by atoms with E-state index in [0.717, 1.165) is 5.52 Å². The van der Waals surface area contributed by atoms with E-state index in [1.807, 2.05) is 6.20 Å². The molecule has 150 valence electrons. The van der Waals surface area contributed by atoms with Gasteiger partial charge in [0.1, 0.15) is 0 Å². The summed E-state index contributed by atoms with van der Waals surface area (Å²) < 4.78 is 0. The number of aryl methyl sites for hydroxylation is 2. The van der Waals surface area contributed by atoms with Crippen molar-refractivity contribution in [3.8, 4) is 0 Å². The number of nitrogens with one attached hydrogen (secondary N) is 2. The van der Waals surface area contributed by atoms with Crippen molar-refractivity contribution in [2.75, 3.05) is 0 Å². The summed E-state index contributed by atoms with van der Waals surface area (Å²) in [4.78, 5) is 11.9. The van der Waals surface area contributed by atoms with Crippen LogP contribution in [0.5, 0.6) is 0 Å². The lowest BCUT2D eigenvalue weighted by atomic mass is 9.81. The van der Waals surface area contributed by atoms with E-state index in [2.05, 4.69) is 108 Å². The molecule has 0 radical (unpaired) electrons. The van der Waals surface area contributed by atoms with Gasteiger partial charge in [-0.3, -0.25) is 4.98 Å². The van der Waals surface area contributed by atoms with Gasteiger partial charge < -0.3 is 9.97 Å². The van der Waals surface area contributed by atoms with E-state index in [4.69, 9.17) is 0 Å². The van der Waals surface area contributed by atoms with Gasteiger partial charge in [-0.15, -0.1) is 0 Å². The van der Waals surface area contributed by atoms with Crippen LogP contribution in [0.25, 0.3) is 32.7 Å². The molecular weight excluding hydrogens is 378 g/mol. The molecule has 3 heteroatoms. The molecule has 3 aromatic heterocycles. The first-order chi connectivity index (χ1) is 15.2. The third kappa shape index (κ3) is 2.70. The number of fused-ring (bicyclic) bond motifs is 3. The Bertz CT molecular complexity index is 1480. The fourth-order valence-electron chi connectivity index (χ4n) is 5.17. The van der Waals surface area contributed by atoms with Gasteiger partial charge in [-0.1, -0.05) is 54.6 Å². The summed E-state index contributed by atoms with van der Waals surface area (Å²) >= 11 is 0. The number of hydrogen-bond donors (Lipinski definition) is 2. The van der Waals surface area contributed by atoms with E-state index in [1.54, 1.807) is 0 Å². The Morgan fingerprint density at radius 3 is 1.74 bits per heavy atom. The average Bonchev–Trinajstić information content (AvgIpc) is 3.30. The van der Waals surface area contributed by atoms with E-state index in [1.165, 1.54) is 55.3 Å². The van der Waals surface area contributed by atoms with E-state index >= 15 is 0 Å². The van der Waals surface area contributed by atoms with Crippen molar-refractivity contribution in [3.05, 3.63) is 113 Å². The molecule has 3 aromatic carbocycles. The van der Waals surface area contributed by atoms with Gasteiger partial charge >= 0.3 is 0 Å². The largest absolute Gasteiger partial charge is 0.358 e. The Labute approximate surface area is 180 Å². The van der Waals surface area contributed by atoms with Crippen molar-refractivity contribution in [2.24, 2.45) is 0 Å². The molecule has 0 saturated carbocycles. The highest BCUT2D eigenvalue weighted by atomic mass is 14.7. The van der Waals surface area contributed by atoms with Gasteiger partial charge in [0.15, 0.2) is 0 Å². The summed E-state index contributed by atoms with van der Waals surface area (Å²) in [5.41, 5.74) is 9.74. The minimum atomic E-state index is 0.0835. The van der Waals surface area contributed by atoms with Crippen molar-refractivity contribution >= 4 is 32.7 Å². The zero-order chi connectivity index (χ0) is 20.9. The molecular formula is C28H23N3. The maximum Gasteiger partial charge on any atom is 0.0705 e. The second-order valence-corrected chi connectivity index (χ2v) is 8.27. The lowest BCUT2D eigenvalue weighted by Gasteiger charge is -2.21. The number of rotatable bonds is 3.